The van der Waals surface area contributed by atoms with Gasteiger partial charge in [-0.05, 0) is 36.5 Å². The van der Waals surface area contributed by atoms with E-state index in [1.165, 1.54) is 23.5 Å². The number of hydrogen-bond donors (Lipinski definition) is 1. The highest BCUT2D eigenvalue weighted by Crippen LogP contribution is 2.23. The predicted molar refractivity (Wildman–Crippen MR) is 77.9 cm³/mol. The predicted octanol–water partition coefficient (Wildman–Crippen LogP) is 2.54. The average molecular weight is 261 g/mol. The number of para-hydroxylation sites is 1. The molecule has 0 aliphatic carbocycles. The molecule has 0 bridgehead atoms. The number of benzene rings is 1. The molecule has 0 radical (unpaired) electrons. The van der Waals surface area contributed by atoms with Crippen LogP contribution >= 0.6 is 11.8 Å². The minimum atomic E-state index is 0.330. The monoisotopic (exact) mass is 261 g/mol. The molecule has 18 heavy (non-hydrogen) atoms. The summed E-state index contributed by atoms with van der Waals surface area (Å²) < 4.78 is 5.53. The number of hydrogen-bond acceptors (Lipinski definition) is 3. The summed E-state index contributed by atoms with van der Waals surface area (Å²) in [6, 6.07) is 8.07. The summed E-state index contributed by atoms with van der Waals surface area (Å²) in [5, 5.41) is 3.52. The van der Waals surface area contributed by atoms with Crippen molar-refractivity contribution in [1.29, 1.82) is 0 Å². The van der Waals surface area contributed by atoms with Gasteiger partial charge in [0, 0.05) is 12.1 Å². The van der Waals surface area contributed by atoms with E-state index in [2.05, 4.69) is 29.1 Å². The summed E-state index contributed by atoms with van der Waals surface area (Å²) in [5.41, 5.74) is 1.18. The molecule has 0 saturated carbocycles. The van der Waals surface area contributed by atoms with Gasteiger partial charge in [0.05, 0.1) is 0 Å². The van der Waals surface area contributed by atoms with Crippen molar-refractivity contribution in [1.82, 2.24) is 5.32 Å². The zero-order chi connectivity index (χ0) is 12.6. The van der Waals surface area contributed by atoms with Crippen molar-refractivity contribution in [3.05, 3.63) is 29.8 Å². The van der Waals surface area contributed by atoms with Crippen LogP contribution in [0, 0.1) is 18.3 Å². The quantitative estimate of drug-likeness (QED) is 0.795. The zero-order valence-corrected chi connectivity index (χ0v) is 11.3. The molecule has 1 aliphatic rings. The second kappa shape index (κ2) is 7.35. The maximum absolute atomic E-state index is 5.53. The number of ether oxygens (including phenoxy) is 1. The molecular formula is C15H19NOS. The summed E-state index contributed by atoms with van der Waals surface area (Å²) in [6.07, 6.45) is 6.56. The first-order valence-corrected chi connectivity index (χ1v) is 7.48. The summed E-state index contributed by atoms with van der Waals surface area (Å²) in [5.74, 6) is 6.83. The van der Waals surface area contributed by atoms with Gasteiger partial charge in [-0.25, -0.2) is 0 Å². The lowest BCUT2D eigenvalue weighted by molar-refractivity contribution is 0.364. The van der Waals surface area contributed by atoms with Crippen LogP contribution in [0.2, 0.25) is 0 Å². The molecule has 2 rings (SSSR count). The third-order valence-corrected chi connectivity index (χ3v) is 4.29. The lowest BCUT2D eigenvalue weighted by Crippen LogP contribution is -2.22. The number of nitrogens with one attached hydrogen (secondary N) is 1. The maximum atomic E-state index is 5.53. The molecule has 1 saturated heterocycles. The van der Waals surface area contributed by atoms with Gasteiger partial charge in [0.25, 0.3) is 0 Å². The molecule has 1 atom stereocenters. The zero-order valence-electron chi connectivity index (χ0n) is 10.5. The summed E-state index contributed by atoms with van der Waals surface area (Å²) in [7, 11) is 0. The first kappa shape index (κ1) is 13.3. The molecule has 1 heterocycles. The van der Waals surface area contributed by atoms with Crippen LogP contribution in [0.3, 0.4) is 0 Å². The maximum Gasteiger partial charge on any atom is 0.148 e. The van der Waals surface area contributed by atoms with Crippen molar-refractivity contribution in [2.75, 3.05) is 24.7 Å². The minimum absolute atomic E-state index is 0.330. The van der Waals surface area contributed by atoms with E-state index in [1.54, 1.807) is 0 Å². The molecule has 1 aliphatic heterocycles. The molecule has 0 spiro atoms. The van der Waals surface area contributed by atoms with Gasteiger partial charge < -0.3 is 10.1 Å². The Kier molecular flexibility index (Phi) is 5.44. The summed E-state index contributed by atoms with van der Waals surface area (Å²) in [4.78, 5) is 0. The third kappa shape index (κ3) is 3.97. The number of terminal acetylenes is 1. The van der Waals surface area contributed by atoms with Crippen molar-refractivity contribution in [3.63, 3.8) is 0 Å². The molecule has 1 unspecified atom stereocenters. The normalized spacial score (nSPS) is 18.5. The van der Waals surface area contributed by atoms with E-state index in [0.29, 0.717) is 6.61 Å². The van der Waals surface area contributed by atoms with Crippen LogP contribution in [0.4, 0.5) is 0 Å². The summed E-state index contributed by atoms with van der Waals surface area (Å²) in [6.45, 7) is 2.27. The van der Waals surface area contributed by atoms with Crippen molar-refractivity contribution in [2.24, 2.45) is 5.92 Å². The second-order valence-electron chi connectivity index (χ2n) is 4.46. The minimum Gasteiger partial charge on any atom is -0.481 e. The molecule has 96 valence electrons. The van der Waals surface area contributed by atoms with Crippen molar-refractivity contribution in [2.45, 2.75) is 13.0 Å². The van der Waals surface area contributed by atoms with E-state index in [1.807, 2.05) is 18.2 Å². The Morgan fingerprint density at radius 3 is 3.11 bits per heavy atom. The first-order chi connectivity index (χ1) is 8.90. The molecule has 1 aromatic carbocycles. The smallest absolute Gasteiger partial charge is 0.148 e. The van der Waals surface area contributed by atoms with Gasteiger partial charge in [0.1, 0.15) is 12.4 Å². The average Bonchev–Trinajstić information content (AvgIpc) is 2.91. The largest absolute Gasteiger partial charge is 0.481 e. The molecule has 1 N–H and O–H groups in total. The highest BCUT2D eigenvalue weighted by atomic mass is 32.2. The van der Waals surface area contributed by atoms with Gasteiger partial charge in [-0.3, -0.25) is 0 Å². The van der Waals surface area contributed by atoms with E-state index >= 15 is 0 Å². The lowest BCUT2D eigenvalue weighted by atomic mass is 10.1. The Bertz CT molecular complexity index is 407. The first-order valence-electron chi connectivity index (χ1n) is 6.33. The van der Waals surface area contributed by atoms with Crippen molar-refractivity contribution in [3.8, 4) is 18.1 Å². The molecule has 1 aromatic rings. The van der Waals surface area contributed by atoms with Crippen LogP contribution in [0.1, 0.15) is 12.0 Å². The molecule has 0 amide bonds. The molecule has 1 fully saturated rings. The van der Waals surface area contributed by atoms with Crippen LogP contribution < -0.4 is 10.1 Å². The molecule has 0 aromatic heterocycles. The fraction of sp³-hybridized carbons (Fsp3) is 0.467. The van der Waals surface area contributed by atoms with Gasteiger partial charge in [-0.2, -0.15) is 11.8 Å². The lowest BCUT2D eigenvalue weighted by Gasteiger charge is -2.12. The van der Waals surface area contributed by atoms with Gasteiger partial charge in [-0.1, -0.05) is 24.1 Å². The topological polar surface area (TPSA) is 21.3 Å². The Morgan fingerprint density at radius 1 is 1.44 bits per heavy atom. The van der Waals surface area contributed by atoms with Gasteiger partial charge in [0.15, 0.2) is 0 Å². The van der Waals surface area contributed by atoms with Crippen molar-refractivity contribution < 1.29 is 4.74 Å². The van der Waals surface area contributed by atoms with E-state index in [9.17, 15) is 0 Å². The highest BCUT2D eigenvalue weighted by Gasteiger charge is 2.14. The van der Waals surface area contributed by atoms with Crippen LogP contribution in [0.15, 0.2) is 24.3 Å². The number of rotatable bonds is 6. The van der Waals surface area contributed by atoms with Crippen molar-refractivity contribution >= 4 is 11.8 Å². The molecular weight excluding hydrogens is 242 g/mol. The van der Waals surface area contributed by atoms with E-state index < -0.39 is 0 Å². The fourth-order valence-electron chi connectivity index (χ4n) is 2.07. The SMILES string of the molecule is C#CCOc1ccccc1CNCC1CCSC1. The van der Waals surface area contributed by atoms with Gasteiger partial charge in [0.2, 0.25) is 0 Å². The van der Waals surface area contributed by atoms with Crippen LogP contribution in [0.5, 0.6) is 5.75 Å². The standard InChI is InChI=1S/C15H19NOS/c1-2-8-17-15-6-4-3-5-14(15)11-16-10-13-7-9-18-12-13/h1,3-6,13,16H,7-12H2. The second-order valence-corrected chi connectivity index (χ2v) is 5.61. The van der Waals surface area contributed by atoms with E-state index in [4.69, 9.17) is 11.2 Å². The Balaban J connectivity index is 1.82. The molecule has 2 nitrogen and oxygen atoms in total. The van der Waals surface area contributed by atoms with Crippen LogP contribution in [-0.4, -0.2) is 24.7 Å². The van der Waals surface area contributed by atoms with Crippen LogP contribution in [-0.2, 0) is 6.54 Å². The Labute approximate surface area is 113 Å². The molecule has 3 heteroatoms. The number of thioether (sulfide) groups is 1. The van der Waals surface area contributed by atoms with Gasteiger partial charge >= 0.3 is 0 Å². The van der Waals surface area contributed by atoms with Crippen LogP contribution in [0.25, 0.3) is 0 Å². The van der Waals surface area contributed by atoms with Gasteiger partial charge in [-0.15, -0.1) is 6.42 Å². The third-order valence-electron chi connectivity index (χ3n) is 3.06. The van der Waals surface area contributed by atoms with E-state index in [-0.39, 0.29) is 0 Å². The highest BCUT2D eigenvalue weighted by molar-refractivity contribution is 7.99. The fourth-order valence-corrected chi connectivity index (χ4v) is 3.35. The van der Waals surface area contributed by atoms with E-state index in [0.717, 1.165) is 24.8 Å². The summed E-state index contributed by atoms with van der Waals surface area (Å²) >= 11 is 2.06. The Morgan fingerprint density at radius 2 is 2.33 bits per heavy atom. The Hall–Kier alpha value is -1.11.